The number of pyridine rings is 1. The first-order valence-electron chi connectivity index (χ1n) is 5.34. The van der Waals surface area contributed by atoms with E-state index in [0.29, 0.717) is 13.2 Å². The zero-order chi connectivity index (χ0) is 13.8. The quantitative estimate of drug-likeness (QED) is 0.875. The van der Waals surface area contributed by atoms with Crippen LogP contribution in [0.1, 0.15) is 5.69 Å². The molecule has 18 heavy (non-hydrogen) atoms. The van der Waals surface area contributed by atoms with Crippen LogP contribution in [-0.4, -0.2) is 38.3 Å². The summed E-state index contributed by atoms with van der Waals surface area (Å²) >= 11 is 0. The second kappa shape index (κ2) is 6.01. The van der Waals surface area contributed by atoms with E-state index in [2.05, 4.69) is 4.98 Å². The number of ether oxygens (including phenoxy) is 1. The number of aromatic nitrogens is 1. The number of nitrogens with two attached hydrogens (primary N) is 1. The van der Waals surface area contributed by atoms with Crippen molar-refractivity contribution in [1.29, 1.82) is 0 Å². The van der Waals surface area contributed by atoms with Gasteiger partial charge in [0.05, 0.1) is 6.61 Å². The number of anilines is 1. The topological polar surface area (TPSA) is 51.4 Å². The van der Waals surface area contributed by atoms with Crippen LogP contribution >= 0.6 is 0 Å². The van der Waals surface area contributed by atoms with Gasteiger partial charge in [0, 0.05) is 26.7 Å². The predicted molar refractivity (Wildman–Crippen MR) is 62.4 cm³/mol. The van der Waals surface area contributed by atoms with Crippen LogP contribution in [-0.2, 0) is 10.9 Å². The molecule has 0 radical (unpaired) electrons. The van der Waals surface area contributed by atoms with E-state index in [4.69, 9.17) is 10.5 Å². The first-order valence-corrected chi connectivity index (χ1v) is 5.34. The van der Waals surface area contributed by atoms with Crippen LogP contribution in [0.5, 0.6) is 0 Å². The van der Waals surface area contributed by atoms with E-state index in [1.807, 2.05) is 0 Å². The molecular weight excluding hydrogens is 247 g/mol. The van der Waals surface area contributed by atoms with Gasteiger partial charge >= 0.3 is 6.18 Å². The highest BCUT2D eigenvalue weighted by Gasteiger charge is 2.32. The standard InChI is InChI=1S/C11H16F3N3O/c1-17(6-8(15)7-18-2)10-5-3-4-9(16-10)11(12,13)14/h3-5,8H,6-7,15H2,1-2H3. The average Bonchev–Trinajstić information content (AvgIpc) is 2.28. The summed E-state index contributed by atoms with van der Waals surface area (Å²) in [6.45, 7) is 0.700. The Hall–Kier alpha value is -1.34. The molecule has 0 amide bonds. The molecule has 0 aliphatic heterocycles. The summed E-state index contributed by atoms with van der Waals surface area (Å²) in [4.78, 5) is 5.13. The summed E-state index contributed by atoms with van der Waals surface area (Å²) in [7, 11) is 3.15. The zero-order valence-electron chi connectivity index (χ0n) is 10.2. The number of methoxy groups -OCH3 is 1. The van der Waals surface area contributed by atoms with Crippen molar-refractivity contribution >= 4 is 5.82 Å². The molecule has 1 atom stereocenters. The van der Waals surface area contributed by atoms with E-state index in [-0.39, 0.29) is 11.9 Å². The van der Waals surface area contributed by atoms with Gasteiger partial charge in [-0.25, -0.2) is 4.98 Å². The SMILES string of the molecule is COCC(N)CN(C)c1cccc(C(F)(F)F)n1. The van der Waals surface area contributed by atoms with Gasteiger partial charge in [0.25, 0.3) is 0 Å². The monoisotopic (exact) mass is 263 g/mol. The molecule has 1 rings (SSSR count). The van der Waals surface area contributed by atoms with Gasteiger partial charge in [0.2, 0.25) is 0 Å². The van der Waals surface area contributed by atoms with Crippen LogP contribution in [0.15, 0.2) is 18.2 Å². The van der Waals surface area contributed by atoms with Gasteiger partial charge in [0.15, 0.2) is 0 Å². The molecule has 0 saturated heterocycles. The number of halogens is 3. The molecule has 7 heteroatoms. The van der Waals surface area contributed by atoms with E-state index in [9.17, 15) is 13.2 Å². The largest absolute Gasteiger partial charge is 0.433 e. The highest BCUT2D eigenvalue weighted by molar-refractivity contribution is 5.38. The zero-order valence-corrected chi connectivity index (χ0v) is 10.2. The fourth-order valence-electron chi connectivity index (χ4n) is 1.51. The maximum absolute atomic E-state index is 12.5. The summed E-state index contributed by atoms with van der Waals surface area (Å²) in [5.74, 6) is 0.233. The van der Waals surface area contributed by atoms with Gasteiger partial charge in [-0.05, 0) is 12.1 Å². The lowest BCUT2D eigenvalue weighted by molar-refractivity contribution is -0.141. The van der Waals surface area contributed by atoms with E-state index in [1.165, 1.54) is 19.2 Å². The van der Waals surface area contributed by atoms with Gasteiger partial charge in [-0.15, -0.1) is 0 Å². The smallest absolute Gasteiger partial charge is 0.383 e. The van der Waals surface area contributed by atoms with Gasteiger partial charge in [-0.3, -0.25) is 0 Å². The number of rotatable bonds is 5. The molecule has 0 aliphatic rings. The Labute approximate surface area is 104 Å². The van der Waals surface area contributed by atoms with Crippen molar-refractivity contribution in [3.05, 3.63) is 23.9 Å². The first-order chi connectivity index (χ1) is 8.34. The third-order valence-electron chi connectivity index (χ3n) is 2.31. The van der Waals surface area contributed by atoms with Crippen molar-refractivity contribution in [2.24, 2.45) is 5.73 Å². The van der Waals surface area contributed by atoms with E-state index < -0.39 is 11.9 Å². The minimum atomic E-state index is -4.44. The molecule has 0 bridgehead atoms. The van der Waals surface area contributed by atoms with Crippen LogP contribution in [0.2, 0.25) is 0 Å². The molecule has 1 heterocycles. The third-order valence-corrected chi connectivity index (χ3v) is 2.31. The molecule has 0 spiro atoms. The number of likely N-dealkylation sites (N-methyl/N-ethyl adjacent to an activating group) is 1. The van der Waals surface area contributed by atoms with Crippen LogP contribution in [0.4, 0.5) is 19.0 Å². The van der Waals surface area contributed by atoms with Gasteiger partial charge in [0.1, 0.15) is 11.5 Å². The summed E-state index contributed by atoms with van der Waals surface area (Å²) in [5, 5.41) is 0. The molecule has 1 aromatic heterocycles. The van der Waals surface area contributed by atoms with Crippen LogP contribution in [0.25, 0.3) is 0 Å². The lowest BCUT2D eigenvalue weighted by Gasteiger charge is -2.22. The van der Waals surface area contributed by atoms with Gasteiger partial charge in [-0.2, -0.15) is 13.2 Å². The maximum atomic E-state index is 12.5. The summed E-state index contributed by atoms with van der Waals surface area (Å²) in [5.41, 5.74) is 4.82. The van der Waals surface area contributed by atoms with Crippen molar-refractivity contribution in [2.45, 2.75) is 12.2 Å². The normalized spacial score (nSPS) is 13.4. The fourth-order valence-corrected chi connectivity index (χ4v) is 1.51. The molecule has 0 fully saturated rings. The van der Waals surface area contributed by atoms with Crippen molar-refractivity contribution in [2.75, 3.05) is 32.2 Å². The summed E-state index contributed by atoms with van der Waals surface area (Å²) in [6.07, 6.45) is -4.44. The van der Waals surface area contributed by atoms with Crippen molar-refractivity contribution < 1.29 is 17.9 Å². The third kappa shape index (κ3) is 4.15. The number of alkyl halides is 3. The average molecular weight is 263 g/mol. The molecule has 0 aromatic carbocycles. The highest BCUT2D eigenvalue weighted by Crippen LogP contribution is 2.28. The Morgan fingerprint density at radius 3 is 2.67 bits per heavy atom. The lowest BCUT2D eigenvalue weighted by Crippen LogP contribution is -2.38. The second-order valence-electron chi connectivity index (χ2n) is 3.97. The predicted octanol–water partition coefficient (Wildman–Crippen LogP) is 1.51. The molecule has 102 valence electrons. The summed E-state index contributed by atoms with van der Waals surface area (Å²) < 4.78 is 42.3. The number of hydrogen-bond donors (Lipinski definition) is 1. The summed E-state index contributed by atoms with van der Waals surface area (Å²) in [6, 6.07) is 3.49. The Balaban J connectivity index is 2.77. The molecule has 0 saturated carbocycles. The molecule has 4 nitrogen and oxygen atoms in total. The van der Waals surface area contributed by atoms with E-state index in [0.717, 1.165) is 6.07 Å². The molecular formula is C11H16F3N3O. The van der Waals surface area contributed by atoms with Crippen molar-refractivity contribution in [1.82, 2.24) is 4.98 Å². The Morgan fingerprint density at radius 1 is 1.44 bits per heavy atom. The van der Waals surface area contributed by atoms with Gasteiger partial charge in [-0.1, -0.05) is 6.07 Å². The highest BCUT2D eigenvalue weighted by atomic mass is 19.4. The van der Waals surface area contributed by atoms with Crippen molar-refractivity contribution in [3.8, 4) is 0 Å². The maximum Gasteiger partial charge on any atom is 0.433 e. The van der Waals surface area contributed by atoms with Crippen LogP contribution in [0.3, 0.4) is 0 Å². The Kier molecular flexibility index (Phi) is 4.92. The number of hydrogen-bond acceptors (Lipinski definition) is 4. The molecule has 1 aromatic rings. The Bertz CT molecular complexity index is 384. The first kappa shape index (κ1) is 14.7. The van der Waals surface area contributed by atoms with Crippen molar-refractivity contribution in [3.63, 3.8) is 0 Å². The van der Waals surface area contributed by atoms with E-state index in [1.54, 1.807) is 11.9 Å². The molecule has 1 unspecified atom stereocenters. The Morgan fingerprint density at radius 2 is 2.11 bits per heavy atom. The van der Waals surface area contributed by atoms with Crippen LogP contribution in [0, 0.1) is 0 Å². The fraction of sp³-hybridized carbons (Fsp3) is 0.545. The second-order valence-corrected chi connectivity index (χ2v) is 3.97. The van der Waals surface area contributed by atoms with Gasteiger partial charge < -0.3 is 15.4 Å². The molecule has 2 N–H and O–H groups in total. The lowest BCUT2D eigenvalue weighted by atomic mass is 10.3. The number of nitrogens with zero attached hydrogens (tertiary/aromatic N) is 2. The van der Waals surface area contributed by atoms with Crippen LogP contribution < -0.4 is 10.6 Å². The molecule has 0 aliphatic carbocycles. The van der Waals surface area contributed by atoms with E-state index >= 15 is 0 Å². The minimum Gasteiger partial charge on any atom is -0.383 e. The minimum absolute atomic E-state index is 0.233.